The van der Waals surface area contributed by atoms with E-state index in [1.807, 2.05) is 22.6 Å². The van der Waals surface area contributed by atoms with E-state index < -0.39 is 11.7 Å². The molecule has 2 aromatic rings. The van der Waals surface area contributed by atoms with E-state index >= 15 is 0 Å². The molecule has 0 atom stereocenters. The van der Waals surface area contributed by atoms with Crippen LogP contribution in [0.25, 0.3) is 11.3 Å². The number of furan rings is 1. The van der Waals surface area contributed by atoms with Gasteiger partial charge in [-0.05, 0) is 52.9 Å². The molecule has 16 heavy (non-hydrogen) atoms. The normalized spacial score (nSPS) is 11.8. The summed E-state index contributed by atoms with van der Waals surface area (Å²) >= 11 is 1.87. The molecule has 84 valence electrons. The van der Waals surface area contributed by atoms with Crippen LogP contribution in [0.5, 0.6) is 0 Å². The van der Waals surface area contributed by atoms with Crippen molar-refractivity contribution in [1.29, 1.82) is 0 Å². The van der Waals surface area contributed by atoms with E-state index in [1.165, 1.54) is 12.3 Å². The summed E-state index contributed by atoms with van der Waals surface area (Å²) in [7, 11) is 0. The smallest absolute Gasteiger partial charge is 0.416 e. The molecule has 0 aliphatic carbocycles. The molecule has 0 saturated carbocycles. The van der Waals surface area contributed by atoms with Crippen molar-refractivity contribution in [3.63, 3.8) is 0 Å². The summed E-state index contributed by atoms with van der Waals surface area (Å²) < 4.78 is 42.9. The molecule has 0 aliphatic heterocycles. The first-order valence-corrected chi connectivity index (χ1v) is 5.47. The Kier molecular flexibility index (Phi) is 2.96. The second kappa shape index (κ2) is 4.12. The van der Waals surface area contributed by atoms with E-state index in [0.717, 1.165) is 12.1 Å². The van der Waals surface area contributed by atoms with Crippen LogP contribution in [0, 0.1) is 3.57 Å². The topological polar surface area (TPSA) is 13.1 Å². The van der Waals surface area contributed by atoms with Gasteiger partial charge in [-0.2, -0.15) is 13.2 Å². The predicted octanol–water partition coefficient (Wildman–Crippen LogP) is 4.57. The lowest BCUT2D eigenvalue weighted by molar-refractivity contribution is -0.137. The zero-order chi connectivity index (χ0) is 11.8. The summed E-state index contributed by atoms with van der Waals surface area (Å²) in [5.74, 6) is 0.568. The summed E-state index contributed by atoms with van der Waals surface area (Å²) in [5, 5.41) is 0. The Hall–Kier alpha value is -0.980. The highest BCUT2D eigenvalue weighted by Gasteiger charge is 2.30. The van der Waals surface area contributed by atoms with Crippen molar-refractivity contribution in [2.75, 3.05) is 0 Å². The van der Waals surface area contributed by atoms with E-state index in [2.05, 4.69) is 0 Å². The highest BCUT2D eigenvalue weighted by atomic mass is 127. The quantitative estimate of drug-likeness (QED) is 0.695. The maximum Gasteiger partial charge on any atom is 0.416 e. The Labute approximate surface area is 103 Å². The van der Waals surface area contributed by atoms with E-state index in [4.69, 9.17) is 4.42 Å². The lowest BCUT2D eigenvalue weighted by atomic mass is 10.1. The zero-order valence-corrected chi connectivity index (χ0v) is 10.0. The van der Waals surface area contributed by atoms with E-state index in [1.54, 1.807) is 12.1 Å². The number of hydrogen-bond acceptors (Lipinski definition) is 1. The first-order chi connectivity index (χ1) is 7.48. The monoisotopic (exact) mass is 338 g/mol. The lowest BCUT2D eigenvalue weighted by Gasteiger charge is -2.08. The highest BCUT2D eigenvalue weighted by molar-refractivity contribution is 14.1. The molecule has 1 aromatic heterocycles. The van der Waals surface area contributed by atoms with Crippen LogP contribution in [0.2, 0.25) is 0 Å². The van der Waals surface area contributed by atoms with Gasteiger partial charge < -0.3 is 4.42 Å². The van der Waals surface area contributed by atoms with Gasteiger partial charge >= 0.3 is 6.18 Å². The second-order valence-corrected chi connectivity index (χ2v) is 4.33. The number of benzene rings is 1. The molecule has 5 heteroatoms. The molecule has 0 fully saturated rings. The van der Waals surface area contributed by atoms with E-state index in [9.17, 15) is 13.2 Å². The van der Waals surface area contributed by atoms with Gasteiger partial charge in [0, 0.05) is 9.13 Å². The summed E-state index contributed by atoms with van der Waals surface area (Å²) in [5.41, 5.74) is 0.0193. The van der Waals surface area contributed by atoms with Gasteiger partial charge in [-0.3, -0.25) is 0 Å². The number of alkyl halides is 3. The van der Waals surface area contributed by atoms with Crippen molar-refractivity contribution < 1.29 is 17.6 Å². The fourth-order valence-electron chi connectivity index (χ4n) is 1.32. The van der Waals surface area contributed by atoms with Gasteiger partial charge in [-0.15, -0.1) is 0 Å². The average Bonchev–Trinajstić information content (AvgIpc) is 2.69. The molecule has 0 N–H and O–H groups in total. The molecular formula is C11H6F3IO. The lowest BCUT2D eigenvalue weighted by Crippen LogP contribution is -2.05. The summed E-state index contributed by atoms with van der Waals surface area (Å²) in [4.78, 5) is 0. The minimum absolute atomic E-state index is 0.516. The Morgan fingerprint density at radius 2 is 1.88 bits per heavy atom. The van der Waals surface area contributed by atoms with Crippen molar-refractivity contribution in [3.05, 3.63) is 45.7 Å². The molecule has 1 aromatic carbocycles. The molecule has 0 saturated heterocycles. The number of halogens is 4. The van der Waals surface area contributed by atoms with Crippen LogP contribution in [0.1, 0.15) is 5.56 Å². The zero-order valence-electron chi connectivity index (χ0n) is 7.88. The molecule has 0 unspecified atom stereocenters. The van der Waals surface area contributed by atoms with Crippen molar-refractivity contribution in [2.45, 2.75) is 6.18 Å². The SMILES string of the molecule is FC(F)(F)c1ccc(-c2ccco2)c(I)c1. The molecule has 0 radical (unpaired) electrons. The first kappa shape index (κ1) is 11.5. The van der Waals surface area contributed by atoms with Gasteiger partial charge in [-0.25, -0.2) is 0 Å². The Morgan fingerprint density at radius 1 is 1.12 bits per heavy atom. The van der Waals surface area contributed by atoms with Gasteiger partial charge in [-0.1, -0.05) is 0 Å². The molecule has 0 amide bonds. The van der Waals surface area contributed by atoms with Crippen molar-refractivity contribution in [3.8, 4) is 11.3 Å². The highest BCUT2D eigenvalue weighted by Crippen LogP contribution is 2.33. The molecular weight excluding hydrogens is 332 g/mol. The van der Waals surface area contributed by atoms with Crippen LogP contribution in [0.3, 0.4) is 0 Å². The largest absolute Gasteiger partial charge is 0.464 e. The van der Waals surface area contributed by atoms with Gasteiger partial charge in [0.1, 0.15) is 5.76 Å². The fraction of sp³-hybridized carbons (Fsp3) is 0.0909. The summed E-state index contributed by atoms with van der Waals surface area (Å²) in [6.07, 6.45) is -2.81. The van der Waals surface area contributed by atoms with Gasteiger partial charge in [0.15, 0.2) is 0 Å². The summed E-state index contributed by atoms with van der Waals surface area (Å²) in [6.45, 7) is 0. The molecule has 0 bridgehead atoms. The molecule has 0 spiro atoms. The third-order valence-electron chi connectivity index (χ3n) is 2.08. The fourth-order valence-corrected chi connectivity index (χ4v) is 2.10. The third-order valence-corrected chi connectivity index (χ3v) is 2.98. The van der Waals surface area contributed by atoms with Gasteiger partial charge in [0.25, 0.3) is 0 Å². The Bertz CT molecular complexity index is 488. The molecule has 1 nitrogen and oxygen atoms in total. The minimum Gasteiger partial charge on any atom is -0.464 e. The van der Waals surface area contributed by atoms with Crippen molar-refractivity contribution in [2.24, 2.45) is 0 Å². The Balaban J connectivity index is 2.46. The maximum atomic E-state index is 12.4. The second-order valence-electron chi connectivity index (χ2n) is 3.17. The van der Waals surface area contributed by atoms with Gasteiger partial charge in [0.2, 0.25) is 0 Å². The van der Waals surface area contributed by atoms with Crippen molar-refractivity contribution in [1.82, 2.24) is 0 Å². The van der Waals surface area contributed by atoms with E-state index in [0.29, 0.717) is 14.9 Å². The standard InChI is InChI=1S/C11H6F3IO/c12-11(13,14)7-3-4-8(9(15)6-7)10-2-1-5-16-10/h1-6H. The Morgan fingerprint density at radius 3 is 2.38 bits per heavy atom. The van der Waals surface area contributed by atoms with Crippen LogP contribution in [0.4, 0.5) is 13.2 Å². The van der Waals surface area contributed by atoms with Crippen LogP contribution >= 0.6 is 22.6 Å². The van der Waals surface area contributed by atoms with Crippen LogP contribution < -0.4 is 0 Å². The molecule has 2 rings (SSSR count). The number of hydrogen-bond donors (Lipinski definition) is 0. The maximum absolute atomic E-state index is 12.4. The summed E-state index contributed by atoms with van der Waals surface area (Å²) in [6, 6.07) is 7.00. The van der Waals surface area contributed by atoms with Gasteiger partial charge in [0.05, 0.1) is 11.8 Å². The van der Waals surface area contributed by atoms with Crippen molar-refractivity contribution >= 4 is 22.6 Å². The molecule has 0 aliphatic rings. The predicted molar refractivity (Wildman–Crippen MR) is 61.9 cm³/mol. The molecule has 1 heterocycles. The average molecular weight is 338 g/mol. The van der Waals surface area contributed by atoms with Crippen LogP contribution in [-0.2, 0) is 6.18 Å². The van der Waals surface area contributed by atoms with E-state index in [-0.39, 0.29) is 0 Å². The number of rotatable bonds is 1. The third kappa shape index (κ3) is 2.23. The van der Waals surface area contributed by atoms with Crippen LogP contribution in [0.15, 0.2) is 41.0 Å². The minimum atomic E-state index is -4.30. The van der Waals surface area contributed by atoms with Crippen LogP contribution in [-0.4, -0.2) is 0 Å². The first-order valence-electron chi connectivity index (χ1n) is 4.39.